The van der Waals surface area contributed by atoms with Gasteiger partial charge in [-0.05, 0) is 38.3 Å². The molecule has 0 aliphatic carbocycles. The van der Waals surface area contributed by atoms with Crippen LogP contribution >= 0.6 is 0 Å². The van der Waals surface area contributed by atoms with Crippen molar-refractivity contribution < 1.29 is 4.79 Å². The van der Waals surface area contributed by atoms with Crippen molar-refractivity contribution in [2.24, 2.45) is 0 Å². The molecule has 0 atom stereocenters. The molecule has 1 saturated heterocycles. The van der Waals surface area contributed by atoms with Crippen molar-refractivity contribution in [3.63, 3.8) is 0 Å². The lowest BCUT2D eigenvalue weighted by Gasteiger charge is -2.28. The Morgan fingerprint density at radius 3 is 2.57 bits per heavy atom. The number of amides is 1. The highest BCUT2D eigenvalue weighted by Gasteiger charge is 2.20. The maximum Gasteiger partial charge on any atom is 0.277 e. The van der Waals surface area contributed by atoms with Gasteiger partial charge >= 0.3 is 0 Å². The van der Waals surface area contributed by atoms with Crippen molar-refractivity contribution in [1.82, 2.24) is 9.97 Å². The molecule has 1 aliphatic heterocycles. The SMILES string of the molecule is CCN(C(=O)c1cc(N2CCCCC2)ncn1)c1ccccc1. The van der Waals surface area contributed by atoms with Gasteiger partial charge in [-0.25, -0.2) is 9.97 Å². The Labute approximate surface area is 137 Å². The summed E-state index contributed by atoms with van der Waals surface area (Å²) in [5, 5.41) is 0. The van der Waals surface area contributed by atoms with E-state index in [-0.39, 0.29) is 5.91 Å². The highest BCUT2D eigenvalue weighted by atomic mass is 16.2. The first-order valence-corrected chi connectivity index (χ1v) is 8.23. The van der Waals surface area contributed by atoms with Crippen LogP contribution in [0.1, 0.15) is 36.7 Å². The first-order valence-electron chi connectivity index (χ1n) is 8.23. The predicted molar refractivity (Wildman–Crippen MR) is 91.9 cm³/mol. The third-order valence-corrected chi connectivity index (χ3v) is 4.18. The Kier molecular flexibility index (Phi) is 4.86. The minimum Gasteiger partial charge on any atom is -0.357 e. The topological polar surface area (TPSA) is 49.3 Å². The second-order valence-electron chi connectivity index (χ2n) is 5.69. The Morgan fingerprint density at radius 1 is 1.13 bits per heavy atom. The molecule has 1 aromatic heterocycles. The van der Waals surface area contributed by atoms with Crippen LogP contribution in [0.5, 0.6) is 0 Å². The van der Waals surface area contributed by atoms with Crippen molar-refractivity contribution in [3.8, 4) is 0 Å². The number of nitrogens with zero attached hydrogens (tertiary/aromatic N) is 4. The highest BCUT2D eigenvalue weighted by molar-refractivity contribution is 6.05. The molecular weight excluding hydrogens is 288 g/mol. The molecule has 1 aromatic carbocycles. The van der Waals surface area contributed by atoms with E-state index >= 15 is 0 Å². The van der Waals surface area contributed by atoms with E-state index < -0.39 is 0 Å². The molecule has 2 heterocycles. The summed E-state index contributed by atoms with van der Waals surface area (Å²) in [4.78, 5) is 25.4. The minimum atomic E-state index is -0.0839. The number of carbonyl (C=O) groups is 1. The minimum absolute atomic E-state index is 0.0839. The van der Waals surface area contributed by atoms with E-state index in [0.717, 1.165) is 24.6 Å². The number of anilines is 2. The van der Waals surface area contributed by atoms with Crippen molar-refractivity contribution in [2.75, 3.05) is 29.4 Å². The lowest BCUT2D eigenvalue weighted by atomic mass is 10.1. The smallest absolute Gasteiger partial charge is 0.277 e. The van der Waals surface area contributed by atoms with Crippen LogP contribution in [-0.4, -0.2) is 35.5 Å². The fraction of sp³-hybridized carbons (Fsp3) is 0.389. The van der Waals surface area contributed by atoms with Gasteiger partial charge in [0, 0.05) is 31.4 Å². The van der Waals surface area contributed by atoms with Crippen LogP contribution in [0.4, 0.5) is 11.5 Å². The number of piperidine rings is 1. The van der Waals surface area contributed by atoms with Crippen LogP contribution in [-0.2, 0) is 0 Å². The fourth-order valence-corrected chi connectivity index (χ4v) is 2.95. The van der Waals surface area contributed by atoms with Crippen LogP contribution in [0.2, 0.25) is 0 Å². The molecule has 1 aliphatic rings. The van der Waals surface area contributed by atoms with E-state index in [4.69, 9.17) is 0 Å². The molecule has 23 heavy (non-hydrogen) atoms. The number of carbonyl (C=O) groups excluding carboxylic acids is 1. The van der Waals surface area contributed by atoms with Gasteiger partial charge in [0.2, 0.25) is 0 Å². The molecule has 2 aromatic rings. The summed E-state index contributed by atoms with van der Waals surface area (Å²) < 4.78 is 0. The standard InChI is InChI=1S/C18H22N4O/c1-2-22(15-9-5-3-6-10-15)18(23)16-13-17(20-14-19-16)21-11-7-4-8-12-21/h3,5-6,9-10,13-14H,2,4,7-8,11-12H2,1H3. The Morgan fingerprint density at radius 2 is 1.87 bits per heavy atom. The van der Waals surface area contributed by atoms with Gasteiger partial charge in [0.25, 0.3) is 5.91 Å². The molecule has 0 radical (unpaired) electrons. The molecule has 5 heteroatoms. The molecule has 120 valence electrons. The van der Waals surface area contributed by atoms with Gasteiger partial charge in [0.05, 0.1) is 0 Å². The summed E-state index contributed by atoms with van der Waals surface area (Å²) in [5.41, 5.74) is 1.34. The van der Waals surface area contributed by atoms with Crippen LogP contribution in [0, 0.1) is 0 Å². The average Bonchev–Trinajstić information content (AvgIpc) is 2.64. The number of benzene rings is 1. The highest BCUT2D eigenvalue weighted by Crippen LogP contribution is 2.20. The summed E-state index contributed by atoms with van der Waals surface area (Å²) in [6.07, 6.45) is 5.12. The number of hydrogen-bond acceptors (Lipinski definition) is 4. The molecule has 0 spiro atoms. The van der Waals surface area contributed by atoms with Gasteiger partial charge in [-0.15, -0.1) is 0 Å². The normalized spacial score (nSPS) is 14.6. The second-order valence-corrected chi connectivity index (χ2v) is 5.69. The zero-order valence-electron chi connectivity index (χ0n) is 13.5. The van der Waals surface area contributed by atoms with Gasteiger partial charge in [0.1, 0.15) is 17.8 Å². The van der Waals surface area contributed by atoms with Crippen molar-refractivity contribution >= 4 is 17.4 Å². The summed E-state index contributed by atoms with van der Waals surface area (Å²) in [6.45, 7) is 4.57. The molecular formula is C18H22N4O. The number of hydrogen-bond donors (Lipinski definition) is 0. The maximum absolute atomic E-state index is 12.8. The summed E-state index contributed by atoms with van der Waals surface area (Å²) in [7, 11) is 0. The number of rotatable bonds is 4. The first kappa shape index (κ1) is 15.5. The molecule has 0 N–H and O–H groups in total. The average molecular weight is 310 g/mol. The van der Waals surface area contributed by atoms with Crippen LogP contribution < -0.4 is 9.80 Å². The summed E-state index contributed by atoms with van der Waals surface area (Å²) in [5.74, 6) is 0.770. The lowest BCUT2D eigenvalue weighted by molar-refractivity contribution is 0.0983. The molecule has 1 amide bonds. The first-order chi connectivity index (χ1) is 11.3. The predicted octanol–water partition coefficient (Wildman–Crippen LogP) is 3.13. The zero-order valence-corrected chi connectivity index (χ0v) is 13.5. The summed E-state index contributed by atoms with van der Waals surface area (Å²) >= 11 is 0. The Hall–Kier alpha value is -2.43. The molecule has 5 nitrogen and oxygen atoms in total. The quantitative estimate of drug-likeness (QED) is 0.870. The molecule has 0 bridgehead atoms. The molecule has 1 fully saturated rings. The van der Waals surface area contributed by atoms with Crippen LogP contribution in [0.15, 0.2) is 42.7 Å². The van der Waals surface area contributed by atoms with Gasteiger partial charge < -0.3 is 9.80 Å². The van der Waals surface area contributed by atoms with Crippen molar-refractivity contribution in [3.05, 3.63) is 48.4 Å². The van der Waals surface area contributed by atoms with Gasteiger partial charge in [-0.1, -0.05) is 18.2 Å². The number of aromatic nitrogens is 2. The maximum atomic E-state index is 12.8. The van der Waals surface area contributed by atoms with Crippen molar-refractivity contribution in [2.45, 2.75) is 26.2 Å². The molecule has 3 rings (SSSR count). The lowest BCUT2D eigenvalue weighted by Crippen LogP contribution is -2.33. The van der Waals surface area contributed by atoms with Crippen LogP contribution in [0.25, 0.3) is 0 Å². The van der Waals surface area contributed by atoms with E-state index in [1.807, 2.05) is 43.3 Å². The van der Waals surface area contributed by atoms with E-state index in [1.54, 1.807) is 4.90 Å². The van der Waals surface area contributed by atoms with E-state index in [9.17, 15) is 4.79 Å². The third-order valence-electron chi connectivity index (χ3n) is 4.18. The third kappa shape index (κ3) is 3.50. The second kappa shape index (κ2) is 7.22. The van der Waals surface area contributed by atoms with Gasteiger partial charge in [0.15, 0.2) is 0 Å². The van der Waals surface area contributed by atoms with Crippen LogP contribution in [0.3, 0.4) is 0 Å². The molecule has 0 unspecified atom stereocenters. The van der Waals surface area contributed by atoms with E-state index in [2.05, 4.69) is 14.9 Å². The monoisotopic (exact) mass is 310 g/mol. The van der Waals surface area contributed by atoms with E-state index in [1.165, 1.54) is 25.6 Å². The summed E-state index contributed by atoms with van der Waals surface area (Å²) in [6, 6.07) is 11.5. The largest absolute Gasteiger partial charge is 0.357 e. The number of para-hydroxylation sites is 1. The van der Waals surface area contributed by atoms with Crippen molar-refractivity contribution in [1.29, 1.82) is 0 Å². The Balaban J connectivity index is 1.84. The fourth-order valence-electron chi connectivity index (χ4n) is 2.95. The Bertz CT molecular complexity index is 653. The molecule has 0 saturated carbocycles. The van der Waals surface area contributed by atoms with Gasteiger partial charge in [-0.2, -0.15) is 0 Å². The van der Waals surface area contributed by atoms with Gasteiger partial charge in [-0.3, -0.25) is 4.79 Å². The zero-order chi connectivity index (χ0) is 16.1. The van der Waals surface area contributed by atoms with E-state index in [0.29, 0.717) is 12.2 Å².